The number of hydrogen-bond donors (Lipinski definition) is 2. The van der Waals surface area contributed by atoms with Gasteiger partial charge in [0.2, 0.25) is 0 Å². The van der Waals surface area contributed by atoms with E-state index < -0.39 is 0 Å². The molecule has 1 aromatic carbocycles. The fraction of sp³-hybridized carbons (Fsp3) is 0.500. The Balaban J connectivity index is 2.98. The second kappa shape index (κ2) is 6.33. The zero-order valence-electron chi connectivity index (χ0n) is 10.6. The number of nitrogens with zero attached hydrogens (tertiary/aromatic N) is 1. The molecular formula is C12H18IN3O2. The van der Waals surface area contributed by atoms with E-state index in [9.17, 15) is 10.1 Å². The van der Waals surface area contributed by atoms with Crippen molar-refractivity contribution in [2.45, 2.75) is 32.2 Å². The summed E-state index contributed by atoms with van der Waals surface area (Å²) in [4.78, 5) is 10.4. The third-order valence-corrected chi connectivity index (χ3v) is 4.16. The van der Waals surface area contributed by atoms with Gasteiger partial charge in [0.05, 0.1) is 8.49 Å². The van der Waals surface area contributed by atoms with Gasteiger partial charge in [-0.2, -0.15) is 0 Å². The molecule has 0 radical (unpaired) electrons. The molecule has 1 rings (SSSR count). The van der Waals surface area contributed by atoms with Crippen molar-refractivity contribution in [2.75, 3.05) is 11.9 Å². The van der Waals surface area contributed by atoms with Crippen LogP contribution in [0.2, 0.25) is 0 Å². The average molecular weight is 363 g/mol. The normalized spacial score (nSPS) is 11.3. The first-order chi connectivity index (χ1) is 8.48. The largest absolute Gasteiger partial charge is 0.378 e. The van der Waals surface area contributed by atoms with E-state index in [2.05, 4.69) is 19.2 Å². The number of nitro benzene ring substituents is 1. The molecule has 18 heavy (non-hydrogen) atoms. The van der Waals surface area contributed by atoms with E-state index in [4.69, 9.17) is 5.73 Å². The van der Waals surface area contributed by atoms with Gasteiger partial charge in [0.15, 0.2) is 0 Å². The van der Waals surface area contributed by atoms with Crippen LogP contribution in [0.4, 0.5) is 11.4 Å². The lowest BCUT2D eigenvalue weighted by Crippen LogP contribution is -2.44. The molecule has 0 heterocycles. The minimum absolute atomic E-state index is 0.132. The summed E-state index contributed by atoms with van der Waals surface area (Å²) in [6.07, 6.45) is 1.82. The molecule has 0 unspecified atom stereocenters. The van der Waals surface area contributed by atoms with Crippen LogP contribution in [-0.2, 0) is 0 Å². The van der Waals surface area contributed by atoms with Crippen LogP contribution >= 0.6 is 22.6 Å². The number of hydrogen-bond acceptors (Lipinski definition) is 4. The lowest BCUT2D eigenvalue weighted by Gasteiger charge is -2.32. The summed E-state index contributed by atoms with van der Waals surface area (Å²) in [6, 6.07) is 5.04. The van der Waals surface area contributed by atoms with Crippen molar-refractivity contribution in [1.82, 2.24) is 0 Å². The maximum Gasteiger partial charge on any atom is 0.282 e. The summed E-state index contributed by atoms with van der Waals surface area (Å²) < 4.78 is 0.626. The minimum Gasteiger partial charge on any atom is -0.378 e. The molecule has 0 saturated carbocycles. The van der Waals surface area contributed by atoms with Crippen molar-refractivity contribution in [1.29, 1.82) is 0 Å². The number of nitrogens with two attached hydrogens (primary N) is 1. The highest BCUT2D eigenvalue weighted by molar-refractivity contribution is 14.1. The molecule has 0 bridgehead atoms. The first-order valence-electron chi connectivity index (χ1n) is 5.90. The second-order valence-electron chi connectivity index (χ2n) is 4.24. The van der Waals surface area contributed by atoms with Crippen LogP contribution in [0.5, 0.6) is 0 Å². The van der Waals surface area contributed by atoms with E-state index in [0.29, 0.717) is 10.1 Å². The topological polar surface area (TPSA) is 81.2 Å². The molecule has 0 saturated heterocycles. The molecule has 1 aromatic rings. The predicted octanol–water partition coefficient (Wildman–Crippen LogP) is 3.13. The number of anilines is 1. The van der Waals surface area contributed by atoms with Gasteiger partial charge in [0.1, 0.15) is 0 Å². The molecule has 0 aliphatic rings. The van der Waals surface area contributed by atoms with Crippen LogP contribution in [0.25, 0.3) is 0 Å². The van der Waals surface area contributed by atoms with Gasteiger partial charge in [0.25, 0.3) is 5.69 Å². The van der Waals surface area contributed by atoms with Gasteiger partial charge >= 0.3 is 0 Å². The van der Waals surface area contributed by atoms with Crippen LogP contribution in [0.15, 0.2) is 18.2 Å². The SMILES string of the molecule is CCC(CC)(CN)Nc1ccc([N+](=O)[O-])c(I)c1. The van der Waals surface area contributed by atoms with E-state index in [1.807, 2.05) is 22.6 Å². The van der Waals surface area contributed by atoms with Crippen LogP contribution in [-0.4, -0.2) is 17.0 Å². The Morgan fingerprint density at radius 2 is 2.06 bits per heavy atom. The van der Waals surface area contributed by atoms with Gasteiger partial charge in [-0.1, -0.05) is 13.8 Å². The standard InChI is InChI=1S/C12H18IN3O2/c1-3-12(4-2,8-14)15-9-5-6-11(16(17)18)10(13)7-9/h5-7,15H,3-4,8,14H2,1-2H3. The quantitative estimate of drug-likeness (QED) is 0.462. The number of nitro groups is 1. The van der Waals surface area contributed by atoms with Crippen molar-refractivity contribution in [3.8, 4) is 0 Å². The lowest BCUT2D eigenvalue weighted by molar-refractivity contribution is -0.385. The van der Waals surface area contributed by atoms with Gasteiger partial charge in [-0.3, -0.25) is 10.1 Å². The summed E-state index contributed by atoms with van der Waals surface area (Å²) in [6.45, 7) is 4.70. The first kappa shape index (κ1) is 15.2. The number of benzene rings is 1. The van der Waals surface area contributed by atoms with Gasteiger partial charge < -0.3 is 11.1 Å². The number of nitrogens with one attached hydrogen (secondary N) is 1. The molecule has 3 N–H and O–H groups in total. The first-order valence-corrected chi connectivity index (χ1v) is 6.98. The molecule has 0 aromatic heterocycles. The molecule has 0 atom stereocenters. The second-order valence-corrected chi connectivity index (χ2v) is 5.40. The molecule has 0 spiro atoms. The maximum absolute atomic E-state index is 10.7. The van der Waals surface area contributed by atoms with Crippen molar-refractivity contribution < 1.29 is 4.92 Å². The van der Waals surface area contributed by atoms with Gasteiger partial charge in [-0.25, -0.2) is 0 Å². The van der Waals surface area contributed by atoms with Crippen LogP contribution < -0.4 is 11.1 Å². The van der Waals surface area contributed by atoms with Crippen LogP contribution in [0.1, 0.15) is 26.7 Å². The summed E-state index contributed by atoms with van der Waals surface area (Å²) in [7, 11) is 0. The monoisotopic (exact) mass is 363 g/mol. The zero-order chi connectivity index (χ0) is 13.8. The smallest absolute Gasteiger partial charge is 0.282 e. The average Bonchev–Trinajstić information content (AvgIpc) is 2.36. The van der Waals surface area contributed by atoms with Gasteiger partial charge in [-0.15, -0.1) is 0 Å². The molecule has 0 aliphatic heterocycles. The third-order valence-electron chi connectivity index (χ3n) is 3.30. The summed E-state index contributed by atoms with van der Waals surface area (Å²) in [5, 5.41) is 14.1. The molecule has 0 fully saturated rings. The highest BCUT2D eigenvalue weighted by Gasteiger charge is 2.24. The van der Waals surface area contributed by atoms with E-state index in [1.54, 1.807) is 12.1 Å². The highest BCUT2D eigenvalue weighted by atomic mass is 127. The van der Waals surface area contributed by atoms with Crippen molar-refractivity contribution >= 4 is 34.0 Å². The van der Waals surface area contributed by atoms with E-state index >= 15 is 0 Å². The Kier molecular flexibility index (Phi) is 5.33. The van der Waals surface area contributed by atoms with E-state index in [-0.39, 0.29) is 16.1 Å². The summed E-state index contributed by atoms with van der Waals surface area (Å²) in [5.74, 6) is 0. The van der Waals surface area contributed by atoms with E-state index in [0.717, 1.165) is 18.5 Å². The van der Waals surface area contributed by atoms with Crippen molar-refractivity contribution in [3.63, 3.8) is 0 Å². The fourth-order valence-electron chi connectivity index (χ4n) is 1.81. The highest BCUT2D eigenvalue weighted by Crippen LogP contribution is 2.27. The number of rotatable bonds is 6. The predicted molar refractivity (Wildman–Crippen MR) is 81.8 cm³/mol. The summed E-state index contributed by atoms with van der Waals surface area (Å²) in [5.41, 5.74) is 6.69. The van der Waals surface area contributed by atoms with Crippen molar-refractivity contribution in [2.24, 2.45) is 5.73 Å². The zero-order valence-corrected chi connectivity index (χ0v) is 12.7. The Morgan fingerprint density at radius 1 is 1.44 bits per heavy atom. The fourth-order valence-corrected chi connectivity index (χ4v) is 2.52. The Labute approximate surface area is 120 Å². The molecule has 6 heteroatoms. The lowest BCUT2D eigenvalue weighted by atomic mass is 9.92. The third kappa shape index (κ3) is 3.32. The molecule has 5 nitrogen and oxygen atoms in total. The molecular weight excluding hydrogens is 345 g/mol. The Bertz CT molecular complexity index is 425. The minimum atomic E-state index is -0.374. The number of halogens is 1. The van der Waals surface area contributed by atoms with Crippen LogP contribution in [0, 0.1) is 13.7 Å². The Morgan fingerprint density at radius 3 is 2.44 bits per heavy atom. The molecule has 100 valence electrons. The molecule has 0 amide bonds. The maximum atomic E-state index is 10.7. The summed E-state index contributed by atoms with van der Waals surface area (Å²) >= 11 is 1.98. The Hall–Kier alpha value is -0.890. The molecule has 0 aliphatic carbocycles. The van der Waals surface area contributed by atoms with Crippen LogP contribution in [0.3, 0.4) is 0 Å². The van der Waals surface area contributed by atoms with Crippen molar-refractivity contribution in [3.05, 3.63) is 31.9 Å². The van der Waals surface area contributed by atoms with E-state index in [1.165, 1.54) is 6.07 Å². The van der Waals surface area contributed by atoms with Gasteiger partial charge in [0, 0.05) is 23.8 Å². The van der Waals surface area contributed by atoms with Gasteiger partial charge in [-0.05, 0) is 47.6 Å².